The van der Waals surface area contributed by atoms with Gasteiger partial charge in [0.15, 0.2) is 15.2 Å². The minimum absolute atomic E-state index is 0.144. The summed E-state index contributed by atoms with van der Waals surface area (Å²) in [7, 11) is 1.32. The van der Waals surface area contributed by atoms with Gasteiger partial charge in [-0.1, -0.05) is 22.9 Å². The number of esters is 1. The lowest BCUT2D eigenvalue weighted by Gasteiger charge is -2.22. The lowest BCUT2D eigenvalue weighted by molar-refractivity contribution is 0.0606. The summed E-state index contributed by atoms with van der Waals surface area (Å²) >= 11 is 7.07. The summed E-state index contributed by atoms with van der Waals surface area (Å²) in [5.41, 5.74) is -0.144. The fourth-order valence-corrected chi connectivity index (χ4v) is 2.85. The zero-order valence-corrected chi connectivity index (χ0v) is 11.2. The van der Waals surface area contributed by atoms with E-state index in [0.717, 1.165) is 13.0 Å². The topological polar surface area (TPSA) is 60.5 Å². The van der Waals surface area contributed by atoms with Crippen LogP contribution >= 0.6 is 22.9 Å². The normalized spacial score (nSPS) is 23.7. The van der Waals surface area contributed by atoms with Gasteiger partial charge in [0.1, 0.15) is 0 Å². The van der Waals surface area contributed by atoms with Crippen LogP contribution < -0.4 is 5.32 Å². The van der Waals surface area contributed by atoms with Crippen molar-refractivity contribution >= 4 is 34.0 Å². The quantitative estimate of drug-likeness (QED) is 0.858. The molecule has 94 valence electrons. The Morgan fingerprint density at radius 1 is 1.71 bits per heavy atom. The molecule has 0 spiro atoms. The van der Waals surface area contributed by atoms with Crippen molar-refractivity contribution in [1.29, 1.82) is 0 Å². The molecule has 1 N–H and O–H groups in total. The molecule has 2 heterocycles. The molecule has 1 aromatic rings. The molecule has 17 heavy (non-hydrogen) atoms. The van der Waals surface area contributed by atoms with E-state index in [4.69, 9.17) is 16.3 Å². The maximum Gasteiger partial charge on any atom is 0.351 e. The third kappa shape index (κ3) is 2.70. The highest BCUT2D eigenvalue weighted by molar-refractivity contribution is 7.18. The number of carbonyl (C=O) groups excluding carboxylic acids is 1. The lowest BCUT2D eigenvalue weighted by Crippen LogP contribution is -2.34. The maximum absolute atomic E-state index is 11.4. The van der Waals surface area contributed by atoms with Gasteiger partial charge in [-0.15, -0.1) is 0 Å². The van der Waals surface area contributed by atoms with Crippen LogP contribution in [0.25, 0.3) is 0 Å². The highest BCUT2D eigenvalue weighted by Crippen LogP contribution is 2.31. The van der Waals surface area contributed by atoms with Crippen molar-refractivity contribution in [3.8, 4) is 0 Å². The van der Waals surface area contributed by atoms with Crippen LogP contribution in [0.5, 0.6) is 0 Å². The zero-order valence-electron chi connectivity index (χ0n) is 9.58. The van der Waals surface area contributed by atoms with E-state index < -0.39 is 5.97 Å². The molecule has 0 aliphatic carbocycles. The Bertz CT molecular complexity index is 429. The minimum Gasteiger partial charge on any atom is -0.465 e. The number of carbonyl (C=O) groups is 1. The van der Waals surface area contributed by atoms with Gasteiger partial charge in [-0.3, -0.25) is 0 Å². The van der Waals surface area contributed by atoms with E-state index in [1.54, 1.807) is 0 Å². The van der Waals surface area contributed by atoms with Crippen LogP contribution in [-0.2, 0) is 9.47 Å². The van der Waals surface area contributed by atoms with Gasteiger partial charge in [-0.05, 0) is 13.3 Å². The highest BCUT2D eigenvalue weighted by atomic mass is 35.5. The number of thiazole rings is 1. The van der Waals surface area contributed by atoms with Crippen LogP contribution in [0.3, 0.4) is 0 Å². The number of rotatable bonds is 3. The molecular weight excluding hydrogens is 264 g/mol. The smallest absolute Gasteiger partial charge is 0.351 e. The molecule has 0 radical (unpaired) electrons. The van der Waals surface area contributed by atoms with Gasteiger partial charge >= 0.3 is 5.97 Å². The molecule has 1 unspecified atom stereocenters. The molecule has 5 nitrogen and oxygen atoms in total. The van der Waals surface area contributed by atoms with Crippen LogP contribution in [0.15, 0.2) is 0 Å². The molecule has 7 heteroatoms. The molecule has 1 aromatic heterocycles. The fraction of sp³-hybridized carbons (Fsp3) is 0.600. The third-order valence-electron chi connectivity index (χ3n) is 2.58. The number of halogens is 1. The van der Waals surface area contributed by atoms with Crippen molar-refractivity contribution in [2.45, 2.75) is 18.9 Å². The van der Waals surface area contributed by atoms with E-state index in [2.05, 4.69) is 15.0 Å². The van der Waals surface area contributed by atoms with Gasteiger partial charge < -0.3 is 14.8 Å². The number of hydrogen-bond donors (Lipinski definition) is 1. The average molecular weight is 277 g/mol. The van der Waals surface area contributed by atoms with Crippen molar-refractivity contribution in [3.05, 3.63) is 10.0 Å². The molecule has 1 fully saturated rings. The second kappa shape index (κ2) is 4.80. The third-order valence-corrected chi connectivity index (χ3v) is 3.92. The van der Waals surface area contributed by atoms with Crippen LogP contribution in [0.2, 0.25) is 5.15 Å². The number of nitrogens with one attached hydrogen (secondary N) is 1. The van der Waals surface area contributed by atoms with Gasteiger partial charge in [0.2, 0.25) is 0 Å². The number of ether oxygens (including phenoxy) is 2. The molecule has 1 aliphatic heterocycles. The van der Waals surface area contributed by atoms with Gasteiger partial charge in [0.05, 0.1) is 19.3 Å². The molecule has 1 aliphatic rings. The highest BCUT2D eigenvalue weighted by Gasteiger charge is 2.31. The Labute approximate surface area is 108 Å². The molecule has 0 bridgehead atoms. The Hall–Kier alpha value is -0.850. The van der Waals surface area contributed by atoms with E-state index in [1.165, 1.54) is 18.4 Å². The van der Waals surface area contributed by atoms with Gasteiger partial charge in [0.25, 0.3) is 0 Å². The first kappa shape index (κ1) is 12.6. The first-order valence-corrected chi connectivity index (χ1v) is 6.34. The van der Waals surface area contributed by atoms with Crippen LogP contribution in [-0.4, -0.2) is 36.8 Å². The van der Waals surface area contributed by atoms with Crippen molar-refractivity contribution in [2.24, 2.45) is 0 Å². The Morgan fingerprint density at radius 2 is 2.47 bits per heavy atom. The summed E-state index contributed by atoms with van der Waals surface area (Å²) < 4.78 is 9.95. The molecule has 0 aromatic carbocycles. The Morgan fingerprint density at radius 3 is 3.06 bits per heavy atom. The van der Waals surface area contributed by atoms with Crippen LogP contribution in [0, 0.1) is 0 Å². The van der Waals surface area contributed by atoms with Crippen molar-refractivity contribution < 1.29 is 14.3 Å². The van der Waals surface area contributed by atoms with E-state index in [-0.39, 0.29) is 10.7 Å². The summed E-state index contributed by atoms with van der Waals surface area (Å²) in [5.74, 6) is -0.464. The van der Waals surface area contributed by atoms with E-state index in [9.17, 15) is 4.79 Å². The summed E-state index contributed by atoms with van der Waals surface area (Å²) in [6.45, 7) is 3.40. The molecule has 0 amide bonds. The summed E-state index contributed by atoms with van der Waals surface area (Å²) in [4.78, 5) is 15.8. The Balaban J connectivity index is 2.14. The summed E-state index contributed by atoms with van der Waals surface area (Å²) in [5, 5.41) is 4.03. The molecule has 1 atom stereocenters. The number of nitrogens with zero attached hydrogens (tertiary/aromatic N) is 1. The monoisotopic (exact) mass is 276 g/mol. The minimum atomic E-state index is -0.464. The van der Waals surface area contributed by atoms with E-state index in [1.807, 2.05) is 6.92 Å². The molecule has 1 saturated heterocycles. The Kier molecular flexibility index (Phi) is 3.56. The predicted octanol–water partition coefficient (Wildman–Crippen LogP) is 2.17. The number of hydrogen-bond acceptors (Lipinski definition) is 6. The number of anilines is 1. The van der Waals surface area contributed by atoms with Crippen LogP contribution in [0.4, 0.5) is 5.13 Å². The van der Waals surface area contributed by atoms with E-state index in [0.29, 0.717) is 16.6 Å². The molecule has 2 rings (SSSR count). The lowest BCUT2D eigenvalue weighted by atomic mass is 10.0. The van der Waals surface area contributed by atoms with Crippen molar-refractivity contribution in [3.63, 3.8) is 0 Å². The summed E-state index contributed by atoms with van der Waals surface area (Å²) in [6, 6.07) is 0. The van der Waals surface area contributed by atoms with Gasteiger partial charge in [-0.2, -0.15) is 0 Å². The summed E-state index contributed by atoms with van der Waals surface area (Å²) in [6.07, 6.45) is 0.901. The predicted molar refractivity (Wildman–Crippen MR) is 65.9 cm³/mol. The zero-order chi connectivity index (χ0) is 12.5. The SMILES string of the molecule is COC(=O)c1sc(NC2(C)CCOC2)nc1Cl. The first-order chi connectivity index (χ1) is 8.04. The van der Waals surface area contributed by atoms with Crippen LogP contribution in [0.1, 0.15) is 23.0 Å². The second-order valence-electron chi connectivity index (χ2n) is 4.12. The number of methoxy groups -OCH3 is 1. The number of aromatic nitrogens is 1. The second-order valence-corrected chi connectivity index (χ2v) is 5.48. The molecular formula is C10H13ClN2O3S. The standard InChI is InChI=1S/C10H13ClN2O3S/c1-10(3-4-16-5-10)13-9-12-7(11)6(17-9)8(14)15-2/h3-5H2,1-2H3,(H,12,13). The maximum atomic E-state index is 11.4. The van der Waals surface area contributed by atoms with Gasteiger partial charge in [-0.25, -0.2) is 9.78 Å². The fourth-order valence-electron chi connectivity index (χ4n) is 1.60. The largest absolute Gasteiger partial charge is 0.465 e. The van der Waals surface area contributed by atoms with E-state index >= 15 is 0 Å². The molecule has 0 saturated carbocycles. The van der Waals surface area contributed by atoms with Gasteiger partial charge in [0, 0.05) is 6.61 Å². The first-order valence-electron chi connectivity index (χ1n) is 5.15. The van der Waals surface area contributed by atoms with Crippen molar-refractivity contribution in [1.82, 2.24) is 4.98 Å². The average Bonchev–Trinajstić information content (AvgIpc) is 2.85. The van der Waals surface area contributed by atoms with Crippen molar-refractivity contribution in [2.75, 3.05) is 25.6 Å².